The number of thiazole rings is 1. The van der Waals surface area contributed by atoms with Crippen molar-refractivity contribution in [2.75, 3.05) is 30.8 Å². The summed E-state index contributed by atoms with van der Waals surface area (Å²) in [6.07, 6.45) is 5.26. The molecule has 0 radical (unpaired) electrons. The number of carbonyl (C=O) groups is 1. The number of anilines is 2. The highest BCUT2D eigenvalue weighted by Crippen LogP contribution is 2.27. The number of rotatable bonds is 6. The van der Waals surface area contributed by atoms with E-state index in [9.17, 15) is 4.79 Å². The Morgan fingerprint density at radius 2 is 2.40 bits per heavy atom. The summed E-state index contributed by atoms with van der Waals surface area (Å²) in [4.78, 5) is 22.6. The van der Waals surface area contributed by atoms with E-state index in [4.69, 9.17) is 5.73 Å². The molecule has 108 valence electrons. The van der Waals surface area contributed by atoms with E-state index in [0.717, 1.165) is 11.7 Å². The van der Waals surface area contributed by atoms with Gasteiger partial charge in [-0.2, -0.15) is 0 Å². The van der Waals surface area contributed by atoms with Gasteiger partial charge in [0.15, 0.2) is 5.13 Å². The number of carbonyl (C=O) groups excluding carboxylic acids is 1. The van der Waals surface area contributed by atoms with Crippen molar-refractivity contribution in [3.8, 4) is 0 Å². The fourth-order valence-corrected chi connectivity index (χ4v) is 2.51. The summed E-state index contributed by atoms with van der Waals surface area (Å²) in [5, 5.41) is 3.59. The highest BCUT2D eigenvalue weighted by Gasteiger charge is 2.17. The minimum absolute atomic E-state index is 0.184. The molecule has 0 aliphatic rings. The third kappa shape index (κ3) is 3.27. The van der Waals surface area contributed by atoms with Gasteiger partial charge in [0.25, 0.3) is 5.91 Å². The van der Waals surface area contributed by atoms with Gasteiger partial charge < -0.3 is 20.5 Å². The average molecular weight is 294 g/mol. The standard InChI is InChI=1S/C12H18N6OS/c1-3-17(2)12-16-10(13)9(20-12)11(19)15-5-7-18-6-4-14-8-18/h4,6,8H,3,5,7,13H2,1-2H3,(H,15,19). The van der Waals surface area contributed by atoms with Gasteiger partial charge in [-0.15, -0.1) is 0 Å². The fourth-order valence-electron chi connectivity index (χ4n) is 1.58. The Morgan fingerprint density at radius 1 is 1.60 bits per heavy atom. The van der Waals surface area contributed by atoms with E-state index in [2.05, 4.69) is 15.3 Å². The second kappa shape index (κ2) is 6.38. The van der Waals surface area contributed by atoms with Crippen molar-refractivity contribution >= 4 is 28.2 Å². The van der Waals surface area contributed by atoms with Crippen LogP contribution in [0, 0.1) is 0 Å². The predicted molar refractivity (Wildman–Crippen MR) is 80.0 cm³/mol. The summed E-state index contributed by atoms with van der Waals surface area (Å²) in [5.74, 6) is 0.0984. The van der Waals surface area contributed by atoms with E-state index < -0.39 is 0 Å². The lowest BCUT2D eigenvalue weighted by atomic mass is 10.4. The van der Waals surface area contributed by atoms with Gasteiger partial charge in [-0.25, -0.2) is 9.97 Å². The fraction of sp³-hybridized carbons (Fsp3) is 0.417. The van der Waals surface area contributed by atoms with Gasteiger partial charge in [0.05, 0.1) is 6.33 Å². The molecule has 2 rings (SSSR count). The molecule has 0 fully saturated rings. The highest BCUT2D eigenvalue weighted by molar-refractivity contribution is 7.18. The van der Waals surface area contributed by atoms with Gasteiger partial charge in [-0.05, 0) is 6.92 Å². The first-order valence-corrected chi connectivity index (χ1v) is 7.14. The predicted octanol–water partition coefficient (Wildman–Crippen LogP) is 0.808. The molecular formula is C12H18N6OS. The van der Waals surface area contributed by atoms with Crippen molar-refractivity contribution in [2.45, 2.75) is 13.5 Å². The van der Waals surface area contributed by atoms with E-state index in [1.54, 1.807) is 12.5 Å². The maximum atomic E-state index is 12.1. The van der Waals surface area contributed by atoms with Crippen molar-refractivity contribution in [3.63, 3.8) is 0 Å². The largest absolute Gasteiger partial charge is 0.382 e. The van der Waals surface area contributed by atoms with Gasteiger partial charge >= 0.3 is 0 Å². The smallest absolute Gasteiger partial charge is 0.265 e. The highest BCUT2D eigenvalue weighted by atomic mass is 32.1. The van der Waals surface area contributed by atoms with Crippen LogP contribution in [0.15, 0.2) is 18.7 Å². The van der Waals surface area contributed by atoms with Crippen LogP contribution in [0.2, 0.25) is 0 Å². The van der Waals surface area contributed by atoms with Gasteiger partial charge in [-0.3, -0.25) is 4.79 Å². The van der Waals surface area contributed by atoms with E-state index >= 15 is 0 Å². The van der Waals surface area contributed by atoms with Crippen LogP contribution in [0.1, 0.15) is 16.6 Å². The van der Waals surface area contributed by atoms with Gasteiger partial charge in [0, 0.05) is 39.1 Å². The Morgan fingerprint density at radius 3 is 3.05 bits per heavy atom. The van der Waals surface area contributed by atoms with Crippen LogP contribution in [-0.2, 0) is 6.54 Å². The van der Waals surface area contributed by atoms with Crippen molar-refractivity contribution in [3.05, 3.63) is 23.6 Å². The molecule has 0 saturated carbocycles. The average Bonchev–Trinajstić information content (AvgIpc) is 3.07. The molecule has 0 aliphatic heterocycles. The Hall–Kier alpha value is -2.09. The number of aromatic nitrogens is 3. The van der Waals surface area contributed by atoms with Crippen LogP contribution in [0.25, 0.3) is 0 Å². The van der Waals surface area contributed by atoms with E-state index in [1.807, 2.05) is 29.6 Å². The third-order valence-electron chi connectivity index (χ3n) is 2.86. The lowest BCUT2D eigenvalue weighted by Crippen LogP contribution is -2.26. The molecule has 0 spiro atoms. The van der Waals surface area contributed by atoms with Crippen LogP contribution < -0.4 is 16.0 Å². The zero-order chi connectivity index (χ0) is 14.5. The molecule has 7 nitrogen and oxygen atoms in total. The summed E-state index contributed by atoms with van der Waals surface area (Å²) in [7, 11) is 1.92. The molecule has 20 heavy (non-hydrogen) atoms. The quantitative estimate of drug-likeness (QED) is 0.823. The van der Waals surface area contributed by atoms with E-state index in [1.165, 1.54) is 11.3 Å². The summed E-state index contributed by atoms with van der Waals surface area (Å²) in [6, 6.07) is 0. The molecule has 0 atom stereocenters. The topological polar surface area (TPSA) is 89.1 Å². The molecule has 8 heteroatoms. The number of hydrogen-bond donors (Lipinski definition) is 2. The minimum atomic E-state index is -0.184. The molecule has 0 aliphatic carbocycles. The van der Waals surface area contributed by atoms with E-state index in [0.29, 0.717) is 18.0 Å². The first-order chi connectivity index (χ1) is 9.61. The second-order valence-electron chi connectivity index (χ2n) is 4.28. The molecule has 2 aromatic rings. The second-order valence-corrected chi connectivity index (χ2v) is 5.26. The zero-order valence-corrected chi connectivity index (χ0v) is 12.4. The van der Waals surface area contributed by atoms with Crippen molar-refractivity contribution in [2.24, 2.45) is 0 Å². The zero-order valence-electron chi connectivity index (χ0n) is 11.5. The molecule has 3 N–H and O–H groups in total. The van der Waals surface area contributed by atoms with Crippen LogP contribution in [0.5, 0.6) is 0 Å². The van der Waals surface area contributed by atoms with Crippen LogP contribution in [0.4, 0.5) is 10.9 Å². The molecule has 2 heterocycles. The Bertz CT molecular complexity index is 565. The van der Waals surface area contributed by atoms with Crippen molar-refractivity contribution in [1.82, 2.24) is 19.9 Å². The third-order valence-corrected chi connectivity index (χ3v) is 4.05. The van der Waals surface area contributed by atoms with Crippen molar-refractivity contribution in [1.29, 1.82) is 0 Å². The molecule has 1 amide bonds. The normalized spacial score (nSPS) is 10.5. The first-order valence-electron chi connectivity index (χ1n) is 6.33. The molecule has 2 aromatic heterocycles. The van der Waals surface area contributed by atoms with Gasteiger partial charge in [0.2, 0.25) is 0 Å². The maximum absolute atomic E-state index is 12.1. The SMILES string of the molecule is CCN(C)c1nc(N)c(C(=O)NCCn2ccnc2)s1. The van der Waals surface area contributed by atoms with E-state index in [-0.39, 0.29) is 11.7 Å². The first kappa shape index (κ1) is 14.3. The van der Waals surface area contributed by atoms with Crippen LogP contribution >= 0.6 is 11.3 Å². The number of nitrogen functional groups attached to an aromatic ring is 1. The molecule has 0 unspecified atom stereocenters. The monoisotopic (exact) mass is 294 g/mol. The Kier molecular flexibility index (Phi) is 4.57. The minimum Gasteiger partial charge on any atom is -0.382 e. The van der Waals surface area contributed by atoms with Crippen LogP contribution in [0.3, 0.4) is 0 Å². The summed E-state index contributed by atoms with van der Waals surface area (Å²) in [5.41, 5.74) is 5.80. The number of nitrogens with one attached hydrogen (secondary N) is 1. The number of amides is 1. The summed E-state index contributed by atoms with van der Waals surface area (Å²) < 4.78 is 1.90. The Balaban J connectivity index is 1.93. The number of imidazole rings is 1. The Labute approximate surface area is 121 Å². The van der Waals surface area contributed by atoms with Gasteiger partial charge in [-0.1, -0.05) is 11.3 Å². The van der Waals surface area contributed by atoms with Crippen molar-refractivity contribution < 1.29 is 4.79 Å². The number of nitrogens with zero attached hydrogens (tertiary/aromatic N) is 4. The maximum Gasteiger partial charge on any atom is 0.265 e. The molecular weight excluding hydrogens is 276 g/mol. The lowest BCUT2D eigenvalue weighted by Gasteiger charge is -2.10. The van der Waals surface area contributed by atoms with Gasteiger partial charge in [0.1, 0.15) is 10.7 Å². The lowest BCUT2D eigenvalue weighted by molar-refractivity contribution is 0.0957. The summed E-state index contributed by atoms with van der Waals surface area (Å²) >= 11 is 1.31. The molecule has 0 aromatic carbocycles. The molecule has 0 bridgehead atoms. The number of nitrogens with two attached hydrogens (primary N) is 1. The molecule has 0 saturated heterocycles. The number of hydrogen-bond acceptors (Lipinski definition) is 6. The summed E-state index contributed by atoms with van der Waals surface area (Å²) in [6.45, 7) is 4.02. The van der Waals surface area contributed by atoms with Crippen LogP contribution in [-0.4, -0.2) is 40.6 Å².